The normalized spacial score (nSPS) is 23.1. The molecule has 0 aromatic heterocycles. The van der Waals surface area contributed by atoms with Gasteiger partial charge in [0.25, 0.3) is 0 Å². The average Bonchev–Trinajstić information content (AvgIpc) is 2.30. The van der Waals surface area contributed by atoms with Crippen LogP contribution in [0.5, 0.6) is 0 Å². The summed E-state index contributed by atoms with van der Waals surface area (Å²) in [5.74, 6) is 0.635. The van der Waals surface area contributed by atoms with Crippen molar-refractivity contribution in [3.8, 4) is 0 Å². The molecule has 1 aromatic carbocycles. The van der Waals surface area contributed by atoms with Gasteiger partial charge in [-0.15, -0.1) is 0 Å². The van der Waals surface area contributed by atoms with Gasteiger partial charge in [-0.25, -0.2) is 0 Å². The van der Waals surface area contributed by atoms with E-state index in [1.54, 1.807) is 0 Å². The van der Waals surface area contributed by atoms with E-state index in [2.05, 4.69) is 11.4 Å². The fourth-order valence-corrected chi connectivity index (χ4v) is 2.91. The number of hydrogen-bond acceptors (Lipinski definition) is 2. The highest BCUT2D eigenvalue weighted by Gasteiger charge is 2.20. The number of amides is 1. The summed E-state index contributed by atoms with van der Waals surface area (Å²) in [5.41, 5.74) is 9.16. The van der Waals surface area contributed by atoms with Crippen LogP contribution in [0.2, 0.25) is 0 Å². The minimum absolute atomic E-state index is 0.130. The number of rotatable bonds is 3. The third-order valence-electron chi connectivity index (χ3n) is 3.87. The van der Waals surface area contributed by atoms with Gasteiger partial charge in [0.2, 0.25) is 5.91 Å². The number of aryl methyl sites for hydroxylation is 2. The average molecular weight is 260 g/mol. The van der Waals surface area contributed by atoms with E-state index in [0.717, 1.165) is 31.4 Å². The lowest BCUT2D eigenvalue weighted by molar-refractivity contribution is -0.117. The molecule has 3 N–H and O–H groups in total. The van der Waals surface area contributed by atoms with Crippen LogP contribution in [0.25, 0.3) is 0 Å². The minimum atomic E-state index is 0.130. The van der Waals surface area contributed by atoms with Crippen molar-refractivity contribution in [2.24, 2.45) is 11.7 Å². The van der Waals surface area contributed by atoms with Crippen LogP contribution in [0.1, 0.15) is 43.2 Å². The standard InChI is InChI=1S/C16H24N2O/c1-11-7-12(2)9-15(8-11)18-16(19)10-13-3-5-14(17)6-4-13/h7-9,13-14H,3-6,10,17H2,1-2H3,(H,18,19). The Kier molecular flexibility index (Phi) is 4.59. The van der Waals surface area contributed by atoms with E-state index < -0.39 is 0 Å². The Morgan fingerprint density at radius 3 is 2.32 bits per heavy atom. The first-order chi connectivity index (χ1) is 9.02. The molecular formula is C16H24N2O. The van der Waals surface area contributed by atoms with E-state index in [1.165, 1.54) is 11.1 Å². The molecule has 0 aliphatic heterocycles. The van der Waals surface area contributed by atoms with Crippen molar-refractivity contribution in [2.75, 3.05) is 5.32 Å². The van der Waals surface area contributed by atoms with E-state index in [0.29, 0.717) is 18.4 Å². The molecule has 0 heterocycles. The summed E-state index contributed by atoms with van der Waals surface area (Å²) in [6.07, 6.45) is 4.91. The van der Waals surface area contributed by atoms with Crippen molar-refractivity contribution < 1.29 is 4.79 Å². The lowest BCUT2D eigenvalue weighted by Crippen LogP contribution is -2.28. The molecule has 2 rings (SSSR count). The number of benzene rings is 1. The molecule has 1 amide bonds. The van der Waals surface area contributed by atoms with Gasteiger partial charge >= 0.3 is 0 Å². The van der Waals surface area contributed by atoms with Gasteiger partial charge in [-0.2, -0.15) is 0 Å². The summed E-state index contributed by atoms with van der Waals surface area (Å²) in [7, 11) is 0. The predicted molar refractivity (Wildman–Crippen MR) is 79.1 cm³/mol. The highest BCUT2D eigenvalue weighted by molar-refractivity contribution is 5.91. The Morgan fingerprint density at radius 1 is 1.16 bits per heavy atom. The van der Waals surface area contributed by atoms with Crippen LogP contribution < -0.4 is 11.1 Å². The number of nitrogens with two attached hydrogens (primary N) is 1. The third-order valence-corrected chi connectivity index (χ3v) is 3.87. The summed E-state index contributed by atoms with van der Waals surface area (Å²) in [5, 5.41) is 3.01. The Morgan fingerprint density at radius 2 is 1.74 bits per heavy atom. The SMILES string of the molecule is Cc1cc(C)cc(NC(=O)CC2CCC(N)CC2)c1. The number of carbonyl (C=O) groups is 1. The van der Waals surface area contributed by atoms with Crippen LogP contribution in [0.3, 0.4) is 0 Å². The maximum Gasteiger partial charge on any atom is 0.224 e. The van der Waals surface area contributed by atoms with E-state index in [9.17, 15) is 4.79 Å². The molecule has 104 valence electrons. The maximum atomic E-state index is 12.0. The zero-order chi connectivity index (χ0) is 13.8. The van der Waals surface area contributed by atoms with E-state index in [-0.39, 0.29) is 5.91 Å². The Bertz CT molecular complexity index is 428. The molecule has 0 spiro atoms. The van der Waals surface area contributed by atoms with E-state index in [4.69, 9.17) is 5.73 Å². The summed E-state index contributed by atoms with van der Waals surface area (Å²) in [6.45, 7) is 4.09. The molecule has 0 saturated heterocycles. The molecule has 0 unspecified atom stereocenters. The highest BCUT2D eigenvalue weighted by Crippen LogP contribution is 2.26. The van der Waals surface area contributed by atoms with Crippen LogP contribution in [0, 0.1) is 19.8 Å². The summed E-state index contributed by atoms with van der Waals surface area (Å²) < 4.78 is 0. The zero-order valence-corrected chi connectivity index (χ0v) is 11.9. The maximum absolute atomic E-state index is 12.0. The van der Waals surface area contributed by atoms with E-state index >= 15 is 0 Å². The molecule has 0 atom stereocenters. The van der Waals surface area contributed by atoms with Crippen LogP contribution >= 0.6 is 0 Å². The van der Waals surface area contributed by atoms with Crippen molar-refractivity contribution in [3.63, 3.8) is 0 Å². The van der Waals surface area contributed by atoms with E-state index in [1.807, 2.05) is 26.0 Å². The summed E-state index contributed by atoms with van der Waals surface area (Å²) in [4.78, 5) is 12.0. The first-order valence-electron chi connectivity index (χ1n) is 7.16. The molecule has 1 fully saturated rings. The molecule has 19 heavy (non-hydrogen) atoms. The van der Waals surface area contributed by atoms with Gasteiger partial charge in [-0.3, -0.25) is 4.79 Å². The fraction of sp³-hybridized carbons (Fsp3) is 0.562. The van der Waals surface area contributed by atoms with Crippen molar-refractivity contribution in [2.45, 2.75) is 52.0 Å². The number of carbonyl (C=O) groups excluding carboxylic acids is 1. The van der Waals surface area contributed by atoms with Gasteiger partial charge in [0, 0.05) is 18.2 Å². The third kappa shape index (κ3) is 4.35. The lowest BCUT2D eigenvalue weighted by Gasteiger charge is -2.25. The molecule has 1 aliphatic carbocycles. The summed E-state index contributed by atoms with van der Waals surface area (Å²) >= 11 is 0. The number of hydrogen-bond donors (Lipinski definition) is 2. The van der Waals surface area contributed by atoms with Crippen molar-refractivity contribution in [3.05, 3.63) is 29.3 Å². The Hall–Kier alpha value is -1.35. The second-order valence-electron chi connectivity index (χ2n) is 5.91. The molecule has 1 aromatic rings. The van der Waals surface area contributed by atoms with Crippen LogP contribution in [-0.4, -0.2) is 11.9 Å². The molecule has 0 radical (unpaired) electrons. The Labute approximate surface area is 115 Å². The topological polar surface area (TPSA) is 55.1 Å². The van der Waals surface area contributed by atoms with Crippen LogP contribution in [-0.2, 0) is 4.79 Å². The predicted octanol–water partition coefficient (Wildman–Crippen LogP) is 3.15. The van der Waals surface area contributed by atoms with Crippen molar-refractivity contribution >= 4 is 11.6 Å². The molecule has 3 heteroatoms. The molecule has 1 aliphatic rings. The second kappa shape index (κ2) is 6.20. The zero-order valence-electron chi connectivity index (χ0n) is 11.9. The minimum Gasteiger partial charge on any atom is -0.328 e. The smallest absolute Gasteiger partial charge is 0.224 e. The molecule has 1 saturated carbocycles. The molecule has 0 bridgehead atoms. The quantitative estimate of drug-likeness (QED) is 0.877. The number of nitrogens with one attached hydrogen (secondary N) is 1. The molecular weight excluding hydrogens is 236 g/mol. The van der Waals surface area contributed by atoms with Gasteiger partial charge in [-0.05, 0) is 68.7 Å². The van der Waals surface area contributed by atoms with Gasteiger partial charge < -0.3 is 11.1 Å². The second-order valence-corrected chi connectivity index (χ2v) is 5.91. The van der Waals surface area contributed by atoms with Crippen LogP contribution in [0.15, 0.2) is 18.2 Å². The van der Waals surface area contributed by atoms with Crippen molar-refractivity contribution in [1.82, 2.24) is 0 Å². The van der Waals surface area contributed by atoms with Gasteiger partial charge in [0.05, 0.1) is 0 Å². The first-order valence-corrected chi connectivity index (χ1v) is 7.16. The lowest BCUT2D eigenvalue weighted by atomic mass is 9.84. The first kappa shape index (κ1) is 14.1. The van der Waals surface area contributed by atoms with Crippen LogP contribution in [0.4, 0.5) is 5.69 Å². The highest BCUT2D eigenvalue weighted by atomic mass is 16.1. The monoisotopic (exact) mass is 260 g/mol. The van der Waals surface area contributed by atoms with Gasteiger partial charge in [0.1, 0.15) is 0 Å². The largest absolute Gasteiger partial charge is 0.328 e. The Balaban J connectivity index is 1.87. The van der Waals surface area contributed by atoms with Gasteiger partial charge in [0.15, 0.2) is 0 Å². The molecule has 3 nitrogen and oxygen atoms in total. The number of anilines is 1. The van der Waals surface area contributed by atoms with Gasteiger partial charge in [-0.1, -0.05) is 6.07 Å². The fourth-order valence-electron chi connectivity index (χ4n) is 2.91. The summed E-state index contributed by atoms with van der Waals surface area (Å²) in [6, 6.07) is 6.49. The van der Waals surface area contributed by atoms with Crippen molar-refractivity contribution in [1.29, 1.82) is 0 Å².